The van der Waals surface area contributed by atoms with Crippen LogP contribution < -0.4 is 15.8 Å². The van der Waals surface area contributed by atoms with Crippen LogP contribution in [0.2, 0.25) is 0 Å². The fourth-order valence-electron chi connectivity index (χ4n) is 4.51. The lowest BCUT2D eigenvalue weighted by molar-refractivity contribution is -0.142. The maximum atomic E-state index is 13.0. The van der Waals surface area contributed by atoms with Crippen molar-refractivity contribution in [2.24, 2.45) is 0 Å². The molecule has 3 aromatic rings. The fraction of sp³-hybridized carbons (Fsp3) is 0.407. The Morgan fingerprint density at radius 3 is 2.44 bits per heavy atom. The van der Waals surface area contributed by atoms with E-state index in [9.17, 15) is 27.6 Å². The normalized spacial score (nSPS) is 14.4. The van der Waals surface area contributed by atoms with Crippen molar-refractivity contribution in [2.45, 2.75) is 32.6 Å². The average Bonchev–Trinajstić information content (AvgIpc) is 2.93. The zero-order valence-electron chi connectivity index (χ0n) is 21.5. The smallest absolute Gasteiger partial charge is 0.416 e. The Balaban J connectivity index is 1.30. The van der Waals surface area contributed by atoms with Gasteiger partial charge in [0.15, 0.2) is 0 Å². The number of benzene rings is 2. The number of alkyl halides is 3. The number of fused-ring (bicyclic) bond motifs is 1. The van der Waals surface area contributed by atoms with Gasteiger partial charge in [-0.05, 0) is 31.2 Å². The van der Waals surface area contributed by atoms with Crippen molar-refractivity contribution in [3.63, 3.8) is 0 Å². The second-order valence-electron chi connectivity index (χ2n) is 9.16. The molecule has 208 valence electrons. The number of esters is 1. The lowest BCUT2D eigenvalue weighted by Crippen LogP contribution is -2.47. The molecule has 0 atom stereocenters. The third-order valence-electron chi connectivity index (χ3n) is 6.55. The number of aromatic nitrogens is 2. The minimum absolute atomic E-state index is 0.102. The molecular weight excluding hydrogens is 515 g/mol. The lowest BCUT2D eigenvalue weighted by Gasteiger charge is -2.36. The maximum Gasteiger partial charge on any atom is 0.416 e. The van der Waals surface area contributed by atoms with E-state index in [0.717, 1.165) is 16.8 Å². The van der Waals surface area contributed by atoms with Gasteiger partial charge < -0.3 is 15.0 Å². The molecule has 39 heavy (non-hydrogen) atoms. The highest BCUT2D eigenvalue weighted by molar-refractivity contribution is 5.87. The number of hydrogen-bond donors (Lipinski definition) is 1. The largest absolute Gasteiger partial charge is 0.466 e. The van der Waals surface area contributed by atoms with Gasteiger partial charge in [-0.25, -0.2) is 4.68 Å². The second kappa shape index (κ2) is 12.3. The van der Waals surface area contributed by atoms with E-state index in [0.29, 0.717) is 54.9 Å². The summed E-state index contributed by atoms with van der Waals surface area (Å²) in [6.07, 6.45) is -4.31. The number of rotatable bonds is 9. The molecule has 1 saturated heterocycles. The Hall–Kier alpha value is -3.93. The molecule has 1 aliphatic heterocycles. The Labute approximate surface area is 223 Å². The highest BCUT2D eigenvalue weighted by Gasteiger charge is 2.31. The number of carbonyl (C=O) groups is 2. The second-order valence-corrected chi connectivity index (χ2v) is 9.16. The summed E-state index contributed by atoms with van der Waals surface area (Å²) >= 11 is 0. The van der Waals surface area contributed by atoms with E-state index in [-0.39, 0.29) is 37.6 Å². The van der Waals surface area contributed by atoms with Crippen molar-refractivity contribution in [3.8, 4) is 0 Å². The van der Waals surface area contributed by atoms with E-state index in [1.165, 1.54) is 6.07 Å². The van der Waals surface area contributed by atoms with Crippen LogP contribution in [-0.4, -0.2) is 65.9 Å². The minimum Gasteiger partial charge on any atom is -0.466 e. The van der Waals surface area contributed by atoms with Crippen LogP contribution in [0.3, 0.4) is 0 Å². The molecule has 1 aromatic heterocycles. The van der Waals surface area contributed by atoms with E-state index in [1.807, 2.05) is 4.90 Å². The average molecular weight is 546 g/mol. The molecule has 12 heteroatoms. The molecule has 0 saturated carbocycles. The first-order chi connectivity index (χ1) is 18.7. The number of halogens is 3. The van der Waals surface area contributed by atoms with Crippen LogP contribution in [0, 0.1) is 0 Å². The van der Waals surface area contributed by atoms with Gasteiger partial charge in [-0.2, -0.15) is 18.3 Å². The molecule has 1 amide bonds. The minimum atomic E-state index is -4.39. The third kappa shape index (κ3) is 7.14. The van der Waals surface area contributed by atoms with Gasteiger partial charge in [0, 0.05) is 50.2 Å². The summed E-state index contributed by atoms with van der Waals surface area (Å²) < 4.78 is 45.2. The number of nitrogens with one attached hydrogen (secondary N) is 1. The Morgan fingerprint density at radius 2 is 1.74 bits per heavy atom. The predicted octanol–water partition coefficient (Wildman–Crippen LogP) is 2.81. The van der Waals surface area contributed by atoms with Gasteiger partial charge in [-0.15, -0.1) is 0 Å². The maximum absolute atomic E-state index is 13.0. The van der Waals surface area contributed by atoms with Crippen molar-refractivity contribution < 1.29 is 27.5 Å². The van der Waals surface area contributed by atoms with Crippen LogP contribution in [0.5, 0.6) is 0 Å². The van der Waals surface area contributed by atoms with Crippen LogP contribution in [-0.2, 0) is 33.6 Å². The summed E-state index contributed by atoms with van der Waals surface area (Å²) in [4.78, 5) is 41.4. The van der Waals surface area contributed by atoms with Crippen LogP contribution in [0.1, 0.15) is 24.6 Å². The zero-order valence-corrected chi connectivity index (χ0v) is 21.5. The summed E-state index contributed by atoms with van der Waals surface area (Å²) in [5.41, 5.74) is -0.147. The standard InChI is InChI=1S/C27H30F3N5O4/c1-2-39-25(37)17-23-21-8-3-4-9-22(21)26(38)35(32-23)18-31-24(36)10-11-33-12-14-34(15-13-33)20-7-5-6-19(16-20)27(28,29)30/h3-9,16H,2,10-15,17-18H2,1H3,(H,31,36). The van der Waals surface area contributed by atoms with Crippen molar-refractivity contribution >= 4 is 28.3 Å². The number of piperazine rings is 1. The first-order valence-electron chi connectivity index (χ1n) is 12.7. The topological polar surface area (TPSA) is 96.8 Å². The number of ether oxygens (including phenoxy) is 1. The van der Waals surface area contributed by atoms with E-state index in [4.69, 9.17) is 4.74 Å². The zero-order chi connectivity index (χ0) is 28.0. The van der Waals surface area contributed by atoms with E-state index in [2.05, 4.69) is 15.3 Å². The van der Waals surface area contributed by atoms with E-state index >= 15 is 0 Å². The Kier molecular flexibility index (Phi) is 8.85. The van der Waals surface area contributed by atoms with Gasteiger partial charge in [0.05, 0.1) is 29.7 Å². The van der Waals surface area contributed by atoms with Gasteiger partial charge in [0.1, 0.15) is 6.67 Å². The third-order valence-corrected chi connectivity index (χ3v) is 6.55. The molecule has 0 aliphatic carbocycles. The summed E-state index contributed by atoms with van der Waals surface area (Å²) in [5.74, 6) is -0.735. The molecule has 1 fully saturated rings. The highest BCUT2D eigenvalue weighted by atomic mass is 19.4. The summed E-state index contributed by atoms with van der Waals surface area (Å²) in [6, 6.07) is 12.1. The molecule has 1 aliphatic rings. The van der Waals surface area contributed by atoms with Crippen molar-refractivity contribution in [3.05, 3.63) is 70.1 Å². The summed E-state index contributed by atoms with van der Waals surface area (Å²) in [5, 5.41) is 7.96. The molecule has 0 spiro atoms. The molecule has 0 bridgehead atoms. The number of nitrogens with zero attached hydrogens (tertiary/aromatic N) is 4. The molecular formula is C27H30F3N5O4. The van der Waals surface area contributed by atoms with Crippen LogP contribution in [0.25, 0.3) is 10.8 Å². The van der Waals surface area contributed by atoms with Gasteiger partial charge in [0.25, 0.3) is 5.56 Å². The van der Waals surface area contributed by atoms with Crippen molar-refractivity contribution in [1.29, 1.82) is 0 Å². The predicted molar refractivity (Wildman–Crippen MR) is 139 cm³/mol. The van der Waals surface area contributed by atoms with Crippen LogP contribution in [0.15, 0.2) is 53.3 Å². The number of carbonyl (C=O) groups excluding carboxylic acids is 2. The summed E-state index contributed by atoms with van der Waals surface area (Å²) in [6.45, 7) is 4.55. The van der Waals surface area contributed by atoms with Gasteiger partial charge >= 0.3 is 12.1 Å². The lowest BCUT2D eigenvalue weighted by atomic mass is 10.1. The monoisotopic (exact) mass is 545 g/mol. The Bertz CT molecular complexity index is 1380. The number of anilines is 1. The van der Waals surface area contributed by atoms with Crippen molar-refractivity contribution in [1.82, 2.24) is 20.0 Å². The molecule has 2 aromatic carbocycles. The highest BCUT2D eigenvalue weighted by Crippen LogP contribution is 2.31. The van der Waals surface area contributed by atoms with E-state index in [1.54, 1.807) is 37.3 Å². The molecule has 9 nitrogen and oxygen atoms in total. The van der Waals surface area contributed by atoms with Gasteiger partial charge in [0.2, 0.25) is 5.91 Å². The fourth-order valence-corrected chi connectivity index (χ4v) is 4.51. The molecule has 2 heterocycles. The van der Waals surface area contributed by atoms with Gasteiger partial charge in [-0.1, -0.05) is 24.3 Å². The summed E-state index contributed by atoms with van der Waals surface area (Å²) in [7, 11) is 0. The SMILES string of the molecule is CCOC(=O)Cc1nn(CNC(=O)CCN2CCN(c3cccc(C(F)(F)F)c3)CC2)c(=O)c2ccccc12. The Morgan fingerprint density at radius 1 is 1.03 bits per heavy atom. The molecule has 0 unspecified atom stereocenters. The molecule has 0 radical (unpaired) electrons. The quantitative estimate of drug-likeness (QED) is 0.413. The first-order valence-corrected chi connectivity index (χ1v) is 12.7. The van der Waals surface area contributed by atoms with Crippen LogP contribution in [0.4, 0.5) is 18.9 Å². The molecule has 1 N–H and O–H groups in total. The van der Waals surface area contributed by atoms with E-state index < -0.39 is 17.7 Å². The first kappa shape index (κ1) is 28.1. The number of amides is 1. The van der Waals surface area contributed by atoms with Gasteiger partial charge in [-0.3, -0.25) is 19.3 Å². The van der Waals surface area contributed by atoms with Crippen LogP contribution >= 0.6 is 0 Å². The molecule has 4 rings (SSSR count). The number of hydrogen-bond acceptors (Lipinski definition) is 7. The van der Waals surface area contributed by atoms with Crippen molar-refractivity contribution in [2.75, 3.05) is 44.2 Å².